The summed E-state index contributed by atoms with van der Waals surface area (Å²) >= 11 is 0. The highest BCUT2D eigenvalue weighted by Crippen LogP contribution is 2.08. The van der Waals surface area contributed by atoms with Crippen molar-refractivity contribution in [3.8, 4) is 0 Å². The molecule has 14 heavy (non-hydrogen) atoms. The number of hydrogen-bond donors (Lipinski definition) is 0. The quantitative estimate of drug-likeness (QED) is 0.512. The minimum Gasteiger partial charge on any atom is -0.485 e. The summed E-state index contributed by atoms with van der Waals surface area (Å²) in [5.74, 6) is 0.561. The van der Waals surface area contributed by atoms with Gasteiger partial charge in [-0.15, -0.1) is 0 Å². The Morgan fingerprint density at radius 3 is 2.36 bits per heavy atom. The number of allylic oxidation sites excluding steroid dienone is 2. The molecule has 0 bridgehead atoms. The molecule has 1 saturated heterocycles. The molecule has 0 aromatic carbocycles. The van der Waals surface area contributed by atoms with Gasteiger partial charge < -0.3 is 9.47 Å². The highest BCUT2D eigenvalue weighted by atomic mass is 16.6. The predicted molar refractivity (Wildman–Crippen MR) is 59.5 cm³/mol. The molecule has 1 heterocycles. The van der Waals surface area contributed by atoms with E-state index in [1.54, 1.807) is 6.21 Å². The zero-order valence-electron chi connectivity index (χ0n) is 9.25. The van der Waals surface area contributed by atoms with Crippen LogP contribution in [0.3, 0.4) is 0 Å². The molecule has 0 saturated carbocycles. The minimum absolute atomic E-state index is 0.161. The maximum absolute atomic E-state index is 5.33. The average molecular weight is 197 g/mol. The zero-order valence-corrected chi connectivity index (χ0v) is 9.25. The molecule has 80 valence electrons. The normalized spacial score (nSPS) is 15.4. The summed E-state index contributed by atoms with van der Waals surface area (Å²) in [4.78, 5) is 3.95. The van der Waals surface area contributed by atoms with Crippen LogP contribution in [0.2, 0.25) is 0 Å². The van der Waals surface area contributed by atoms with Gasteiger partial charge in [-0.25, -0.2) is 0 Å². The molecule has 1 fully saturated rings. The Kier molecular flexibility index (Phi) is 6.76. The Hall–Kier alpha value is -1.09. The number of rotatable bonds is 4. The first kappa shape index (κ1) is 12.9. The lowest BCUT2D eigenvalue weighted by atomic mass is 10.3. The molecule has 1 aliphatic rings. The Balaban J connectivity index is 0.000000791. The van der Waals surface area contributed by atoms with Crippen molar-refractivity contribution < 1.29 is 9.47 Å². The maximum atomic E-state index is 5.33. The lowest BCUT2D eigenvalue weighted by molar-refractivity contribution is -0.103. The molecule has 3 heteroatoms. The Morgan fingerprint density at radius 1 is 1.43 bits per heavy atom. The molecule has 1 rings (SSSR count). The molecular formula is C11H19NO2. The highest BCUT2D eigenvalue weighted by Gasteiger charge is 2.19. The number of aliphatic imine (C=N–C) groups is 1. The summed E-state index contributed by atoms with van der Waals surface area (Å²) in [6.07, 6.45) is 1.73. The van der Waals surface area contributed by atoms with Gasteiger partial charge in [0.1, 0.15) is 11.9 Å². The minimum atomic E-state index is 0.161. The van der Waals surface area contributed by atoms with Gasteiger partial charge in [-0.1, -0.05) is 27.0 Å². The van der Waals surface area contributed by atoms with Gasteiger partial charge in [0, 0.05) is 5.70 Å². The van der Waals surface area contributed by atoms with E-state index in [1.165, 1.54) is 0 Å². The summed E-state index contributed by atoms with van der Waals surface area (Å²) in [6, 6.07) is 0. The fourth-order valence-electron chi connectivity index (χ4n) is 0.709. The van der Waals surface area contributed by atoms with Crippen molar-refractivity contribution in [2.45, 2.75) is 26.9 Å². The molecule has 0 radical (unpaired) electrons. The van der Waals surface area contributed by atoms with E-state index in [-0.39, 0.29) is 6.10 Å². The Morgan fingerprint density at radius 2 is 2.00 bits per heavy atom. The second kappa shape index (κ2) is 7.33. The SMILES string of the molecule is C=C(C)N=CC(=C)OC1COC1.CC. The molecule has 0 aliphatic carbocycles. The van der Waals surface area contributed by atoms with Crippen LogP contribution < -0.4 is 0 Å². The van der Waals surface area contributed by atoms with E-state index in [0.29, 0.717) is 19.0 Å². The van der Waals surface area contributed by atoms with E-state index in [4.69, 9.17) is 9.47 Å². The van der Waals surface area contributed by atoms with Gasteiger partial charge in [0.05, 0.1) is 19.4 Å². The zero-order chi connectivity index (χ0) is 11.0. The van der Waals surface area contributed by atoms with Crippen LogP contribution in [0.5, 0.6) is 0 Å². The summed E-state index contributed by atoms with van der Waals surface area (Å²) in [7, 11) is 0. The highest BCUT2D eigenvalue weighted by molar-refractivity contribution is 5.75. The average Bonchev–Trinajstić information content (AvgIpc) is 2.11. The monoisotopic (exact) mass is 197 g/mol. The Labute approximate surface area is 86.1 Å². The van der Waals surface area contributed by atoms with E-state index in [9.17, 15) is 0 Å². The van der Waals surface area contributed by atoms with Crippen molar-refractivity contribution in [2.75, 3.05) is 13.2 Å². The maximum Gasteiger partial charge on any atom is 0.145 e. The van der Waals surface area contributed by atoms with Crippen LogP contribution in [-0.4, -0.2) is 25.5 Å². The Bertz CT molecular complexity index is 217. The number of nitrogens with zero attached hydrogens (tertiary/aromatic N) is 1. The van der Waals surface area contributed by atoms with E-state index >= 15 is 0 Å². The second-order valence-electron chi connectivity index (χ2n) is 2.74. The molecular weight excluding hydrogens is 178 g/mol. The molecule has 3 nitrogen and oxygen atoms in total. The van der Waals surface area contributed by atoms with Crippen LogP contribution in [0.1, 0.15) is 20.8 Å². The fraction of sp³-hybridized carbons (Fsp3) is 0.545. The van der Waals surface area contributed by atoms with E-state index in [2.05, 4.69) is 18.2 Å². The van der Waals surface area contributed by atoms with Gasteiger partial charge in [-0.2, -0.15) is 0 Å². The van der Waals surface area contributed by atoms with Crippen LogP contribution in [0.4, 0.5) is 0 Å². The summed E-state index contributed by atoms with van der Waals surface area (Å²) in [5, 5.41) is 0. The van der Waals surface area contributed by atoms with Crippen molar-refractivity contribution >= 4 is 6.21 Å². The third-order valence-electron chi connectivity index (χ3n) is 1.35. The smallest absolute Gasteiger partial charge is 0.145 e. The van der Waals surface area contributed by atoms with Gasteiger partial charge >= 0.3 is 0 Å². The van der Waals surface area contributed by atoms with E-state index < -0.39 is 0 Å². The number of ether oxygens (including phenoxy) is 2. The first-order valence-corrected chi connectivity index (χ1v) is 4.81. The van der Waals surface area contributed by atoms with Gasteiger partial charge in [-0.3, -0.25) is 4.99 Å². The molecule has 0 N–H and O–H groups in total. The van der Waals surface area contributed by atoms with Crippen molar-refractivity contribution in [3.05, 3.63) is 24.6 Å². The lowest BCUT2D eigenvalue weighted by Gasteiger charge is -2.26. The third-order valence-corrected chi connectivity index (χ3v) is 1.35. The molecule has 0 amide bonds. The fourth-order valence-corrected chi connectivity index (χ4v) is 0.709. The first-order valence-electron chi connectivity index (χ1n) is 4.81. The number of hydrogen-bond acceptors (Lipinski definition) is 3. The van der Waals surface area contributed by atoms with Crippen LogP contribution >= 0.6 is 0 Å². The van der Waals surface area contributed by atoms with Crippen molar-refractivity contribution in [1.82, 2.24) is 0 Å². The molecule has 0 spiro atoms. The largest absolute Gasteiger partial charge is 0.485 e. The van der Waals surface area contributed by atoms with Crippen molar-refractivity contribution in [1.29, 1.82) is 0 Å². The summed E-state index contributed by atoms with van der Waals surface area (Å²) in [6.45, 7) is 14.4. The molecule has 0 aromatic rings. The molecule has 0 atom stereocenters. The topological polar surface area (TPSA) is 30.8 Å². The van der Waals surface area contributed by atoms with Gasteiger partial charge in [-0.05, 0) is 6.92 Å². The third kappa shape index (κ3) is 5.54. The molecule has 0 unspecified atom stereocenters. The van der Waals surface area contributed by atoms with Gasteiger partial charge in [0.15, 0.2) is 0 Å². The van der Waals surface area contributed by atoms with E-state index in [0.717, 1.165) is 5.70 Å². The summed E-state index contributed by atoms with van der Waals surface area (Å²) in [5.41, 5.74) is 0.740. The van der Waals surface area contributed by atoms with Crippen LogP contribution in [-0.2, 0) is 9.47 Å². The predicted octanol–water partition coefficient (Wildman–Crippen LogP) is 2.55. The molecule has 1 aliphatic heterocycles. The van der Waals surface area contributed by atoms with Crippen LogP contribution in [0, 0.1) is 0 Å². The van der Waals surface area contributed by atoms with Crippen molar-refractivity contribution in [2.24, 2.45) is 4.99 Å². The standard InChI is InChI=1S/C9H13NO2.C2H6/c1-7(2)10-4-8(3)12-9-5-11-6-9;1-2/h4,9H,1,3,5-6H2,2H3;1-2H3. The molecule has 0 aromatic heterocycles. The van der Waals surface area contributed by atoms with Gasteiger partial charge in [0.25, 0.3) is 0 Å². The summed E-state index contributed by atoms with van der Waals surface area (Å²) < 4.78 is 10.3. The van der Waals surface area contributed by atoms with Crippen LogP contribution in [0.15, 0.2) is 29.6 Å². The van der Waals surface area contributed by atoms with Crippen molar-refractivity contribution in [3.63, 3.8) is 0 Å². The van der Waals surface area contributed by atoms with Gasteiger partial charge in [0.2, 0.25) is 0 Å². The second-order valence-corrected chi connectivity index (χ2v) is 2.74. The first-order chi connectivity index (χ1) is 6.68. The van der Waals surface area contributed by atoms with E-state index in [1.807, 2.05) is 20.8 Å². The van der Waals surface area contributed by atoms with Crippen LogP contribution in [0.25, 0.3) is 0 Å². The lowest BCUT2D eigenvalue weighted by Crippen LogP contribution is -2.35.